The Morgan fingerprint density at radius 2 is 2.22 bits per heavy atom. The van der Waals surface area contributed by atoms with Crippen molar-refractivity contribution in [2.45, 2.75) is 38.3 Å². The minimum absolute atomic E-state index is 0.214. The second-order valence-electron chi connectivity index (χ2n) is 6.95. The number of hydrogen-bond acceptors (Lipinski definition) is 7. The monoisotopic (exact) mass is 388 g/mol. The van der Waals surface area contributed by atoms with Crippen LogP contribution in [-0.4, -0.2) is 45.4 Å². The number of hydrogen-bond donors (Lipinski definition) is 2. The molecule has 0 aliphatic carbocycles. The molecule has 0 radical (unpaired) electrons. The lowest BCUT2D eigenvalue weighted by molar-refractivity contribution is -0.0136. The first-order valence-corrected chi connectivity index (χ1v) is 9.78. The molecule has 0 amide bonds. The topological polar surface area (TPSA) is 80.2 Å². The molecule has 0 unspecified atom stereocenters. The maximum atomic E-state index is 14.5. The van der Waals surface area contributed by atoms with Crippen molar-refractivity contribution in [3.05, 3.63) is 35.9 Å². The molecule has 0 saturated carbocycles. The molecule has 4 heterocycles. The summed E-state index contributed by atoms with van der Waals surface area (Å²) in [5, 5.41) is 13.1. The number of thiophene rings is 1. The third-order valence-electron chi connectivity index (χ3n) is 4.68. The zero-order chi connectivity index (χ0) is 19.0. The Hall–Kier alpha value is -2.16. The fourth-order valence-electron chi connectivity index (χ4n) is 3.20. The van der Waals surface area contributed by atoms with E-state index in [0.29, 0.717) is 29.8 Å². The van der Waals surface area contributed by atoms with E-state index in [2.05, 4.69) is 34.1 Å². The molecule has 27 heavy (non-hydrogen) atoms. The normalized spacial score (nSPS) is 20.3. The molecule has 1 saturated heterocycles. The van der Waals surface area contributed by atoms with E-state index in [-0.39, 0.29) is 18.3 Å². The fourth-order valence-corrected chi connectivity index (χ4v) is 4.46. The van der Waals surface area contributed by atoms with Crippen LogP contribution in [0.25, 0.3) is 20.8 Å². The molecule has 142 valence electrons. The highest BCUT2D eigenvalue weighted by atomic mass is 32.1. The standard InChI is InChI=1S/C19H21FN4O2S/c1-10(2)11-3-5-21-14-7-16(27-18(11)14)17-12(20)8-22-19(24-17)23-13-4-6-26-9-15(13)25/h3,5,7-8,10,13,15,25H,4,6,9H2,1-2H3,(H,22,23,24)/t13-,15-/m1/s1. The van der Waals surface area contributed by atoms with Gasteiger partial charge >= 0.3 is 0 Å². The van der Waals surface area contributed by atoms with Gasteiger partial charge in [0, 0.05) is 12.8 Å². The van der Waals surface area contributed by atoms with E-state index in [1.165, 1.54) is 16.9 Å². The van der Waals surface area contributed by atoms with Crippen LogP contribution in [0.15, 0.2) is 24.5 Å². The zero-order valence-corrected chi connectivity index (χ0v) is 16.0. The molecule has 1 aliphatic rings. The van der Waals surface area contributed by atoms with Gasteiger partial charge in [0.1, 0.15) is 5.69 Å². The number of anilines is 1. The maximum Gasteiger partial charge on any atom is 0.223 e. The van der Waals surface area contributed by atoms with E-state index >= 15 is 0 Å². The highest BCUT2D eigenvalue weighted by Crippen LogP contribution is 2.37. The minimum atomic E-state index is -0.641. The third kappa shape index (κ3) is 3.65. The smallest absolute Gasteiger partial charge is 0.223 e. The van der Waals surface area contributed by atoms with Gasteiger partial charge in [-0.1, -0.05) is 13.8 Å². The second kappa shape index (κ2) is 7.46. The van der Waals surface area contributed by atoms with Crippen LogP contribution < -0.4 is 5.32 Å². The number of nitrogens with one attached hydrogen (secondary N) is 1. The molecule has 4 rings (SSSR count). The molecular formula is C19H21FN4O2S. The zero-order valence-electron chi connectivity index (χ0n) is 15.1. The lowest BCUT2D eigenvalue weighted by Gasteiger charge is -2.28. The number of rotatable bonds is 4. The summed E-state index contributed by atoms with van der Waals surface area (Å²) in [6.07, 6.45) is 2.95. The van der Waals surface area contributed by atoms with E-state index in [0.717, 1.165) is 16.4 Å². The van der Waals surface area contributed by atoms with Gasteiger partial charge in [0.05, 0.1) is 40.0 Å². The Morgan fingerprint density at radius 1 is 1.37 bits per heavy atom. The van der Waals surface area contributed by atoms with Gasteiger partial charge in [0.15, 0.2) is 5.82 Å². The molecule has 1 aliphatic heterocycles. The van der Waals surface area contributed by atoms with Crippen LogP contribution in [0, 0.1) is 5.82 Å². The maximum absolute atomic E-state index is 14.5. The third-order valence-corrected chi connectivity index (χ3v) is 5.86. The van der Waals surface area contributed by atoms with Crippen LogP contribution in [0.4, 0.5) is 10.3 Å². The van der Waals surface area contributed by atoms with Gasteiger partial charge < -0.3 is 15.2 Å². The first kappa shape index (κ1) is 18.2. The van der Waals surface area contributed by atoms with E-state index < -0.39 is 11.9 Å². The number of ether oxygens (including phenoxy) is 1. The number of aliphatic hydroxyl groups excluding tert-OH is 1. The van der Waals surface area contributed by atoms with Crippen molar-refractivity contribution in [2.75, 3.05) is 18.5 Å². The molecule has 8 heteroatoms. The summed E-state index contributed by atoms with van der Waals surface area (Å²) in [7, 11) is 0. The Morgan fingerprint density at radius 3 is 3.00 bits per heavy atom. The number of nitrogens with zero attached hydrogens (tertiary/aromatic N) is 3. The van der Waals surface area contributed by atoms with Gasteiger partial charge in [0.25, 0.3) is 0 Å². The summed E-state index contributed by atoms with van der Waals surface area (Å²) in [5.74, 6) is 0.169. The molecule has 0 spiro atoms. The number of aromatic nitrogens is 3. The predicted octanol–water partition coefficient (Wildman–Crippen LogP) is 3.58. The summed E-state index contributed by atoms with van der Waals surface area (Å²) in [6, 6.07) is 3.65. The molecule has 1 fully saturated rings. The van der Waals surface area contributed by atoms with Crippen LogP contribution in [0.1, 0.15) is 31.7 Å². The van der Waals surface area contributed by atoms with Crippen LogP contribution in [0.2, 0.25) is 0 Å². The molecule has 6 nitrogen and oxygen atoms in total. The number of halogens is 1. The van der Waals surface area contributed by atoms with Crippen molar-refractivity contribution >= 4 is 27.5 Å². The predicted molar refractivity (Wildman–Crippen MR) is 104 cm³/mol. The Labute approximate surface area is 160 Å². The summed E-state index contributed by atoms with van der Waals surface area (Å²) >= 11 is 1.48. The van der Waals surface area contributed by atoms with Crippen LogP contribution >= 0.6 is 11.3 Å². The van der Waals surface area contributed by atoms with Gasteiger partial charge in [-0.25, -0.2) is 14.4 Å². The van der Waals surface area contributed by atoms with Crippen molar-refractivity contribution in [3.63, 3.8) is 0 Å². The van der Waals surface area contributed by atoms with Crippen molar-refractivity contribution in [1.82, 2.24) is 15.0 Å². The Bertz CT molecular complexity index is 962. The van der Waals surface area contributed by atoms with Crippen LogP contribution in [0.5, 0.6) is 0 Å². The highest BCUT2D eigenvalue weighted by molar-refractivity contribution is 7.22. The number of pyridine rings is 1. The molecule has 3 aromatic rings. The average Bonchev–Trinajstić information content (AvgIpc) is 3.09. The SMILES string of the molecule is CC(C)c1ccnc2cc(-c3nc(N[C@@H]4CCOC[C@H]4O)ncc3F)sc12. The highest BCUT2D eigenvalue weighted by Gasteiger charge is 2.25. The first-order chi connectivity index (χ1) is 13.0. The summed E-state index contributed by atoms with van der Waals surface area (Å²) in [4.78, 5) is 13.5. The van der Waals surface area contributed by atoms with Gasteiger partial charge in [-0.05, 0) is 30.0 Å². The van der Waals surface area contributed by atoms with Gasteiger partial charge in [-0.2, -0.15) is 0 Å². The van der Waals surface area contributed by atoms with Gasteiger partial charge in [0.2, 0.25) is 5.95 Å². The molecular weight excluding hydrogens is 367 g/mol. The fraction of sp³-hybridized carbons (Fsp3) is 0.421. The molecule has 2 N–H and O–H groups in total. The molecule has 0 bridgehead atoms. The number of aliphatic hydroxyl groups is 1. The minimum Gasteiger partial charge on any atom is -0.389 e. The molecule has 3 aromatic heterocycles. The average molecular weight is 388 g/mol. The largest absolute Gasteiger partial charge is 0.389 e. The van der Waals surface area contributed by atoms with Gasteiger partial charge in [-0.15, -0.1) is 11.3 Å². The first-order valence-electron chi connectivity index (χ1n) is 8.96. The van der Waals surface area contributed by atoms with Crippen molar-refractivity contribution in [1.29, 1.82) is 0 Å². The molecule has 2 atom stereocenters. The number of fused-ring (bicyclic) bond motifs is 1. The van der Waals surface area contributed by atoms with E-state index in [1.54, 1.807) is 6.20 Å². The Balaban J connectivity index is 1.69. The van der Waals surface area contributed by atoms with E-state index in [4.69, 9.17) is 4.74 Å². The lowest BCUT2D eigenvalue weighted by Crippen LogP contribution is -2.42. The second-order valence-corrected chi connectivity index (χ2v) is 8.00. The summed E-state index contributed by atoms with van der Waals surface area (Å²) in [5.41, 5.74) is 2.27. The van der Waals surface area contributed by atoms with Crippen molar-refractivity contribution < 1.29 is 14.2 Å². The van der Waals surface area contributed by atoms with Crippen molar-refractivity contribution in [2.24, 2.45) is 0 Å². The summed E-state index contributed by atoms with van der Waals surface area (Å²) in [6.45, 7) is 5.08. The van der Waals surface area contributed by atoms with Gasteiger partial charge in [-0.3, -0.25) is 4.98 Å². The molecule has 0 aromatic carbocycles. The Kier molecular flexibility index (Phi) is 5.03. The summed E-state index contributed by atoms with van der Waals surface area (Å²) < 4.78 is 20.7. The van der Waals surface area contributed by atoms with E-state index in [1.807, 2.05) is 12.1 Å². The van der Waals surface area contributed by atoms with Crippen LogP contribution in [0.3, 0.4) is 0 Å². The lowest BCUT2D eigenvalue weighted by atomic mass is 10.0. The quantitative estimate of drug-likeness (QED) is 0.711. The van der Waals surface area contributed by atoms with E-state index in [9.17, 15) is 9.50 Å². The van der Waals surface area contributed by atoms with Crippen LogP contribution in [-0.2, 0) is 4.74 Å². The van der Waals surface area contributed by atoms with Crippen molar-refractivity contribution in [3.8, 4) is 10.6 Å².